The summed E-state index contributed by atoms with van der Waals surface area (Å²) in [6.45, 7) is 11.7. The van der Waals surface area contributed by atoms with Gasteiger partial charge in [-0.05, 0) is 79.6 Å². The molecular weight excluding hydrogens is 376 g/mol. The summed E-state index contributed by atoms with van der Waals surface area (Å²) in [6, 6.07) is 0.0245. The average Bonchev–Trinajstić information content (AvgIpc) is 2.52. The highest BCUT2D eigenvalue weighted by Crippen LogP contribution is 2.30. The number of amides is 2. The highest BCUT2D eigenvalue weighted by Gasteiger charge is 2.32. The molecule has 0 aromatic carbocycles. The van der Waals surface area contributed by atoms with E-state index in [1.807, 2.05) is 20.8 Å². The number of nitrogens with one attached hydrogen (secondary N) is 1. The Balaban J connectivity index is 2.60. The molecule has 8 nitrogen and oxygen atoms in total. The molecule has 0 heterocycles. The van der Waals surface area contributed by atoms with Crippen LogP contribution in [0.15, 0.2) is 0 Å². The van der Waals surface area contributed by atoms with Crippen molar-refractivity contribution in [2.75, 3.05) is 13.1 Å². The molecule has 0 aliphatic heterocycles. The zero-order valence-electron chi connectivity index (χ0n) is 18.7. The smallest absolute Gasteiger partial charge is 0.410 e. The van der Waals surface area contributed by atoms with Crippen molar-refractivity contribution >= 4 is 18.2 Å². The van der Waals surface area contributed by atoms with Gasteiger partial charge >= 0.3 is 18.2 Å². The van der Waals surface area contributed by atoms with Crippen molar-refractivity contribution in [1.29, 1.82) is 0 Å². The van der Waals surface area contributed by atoms with Crippen LogP contribution in [-0.2, 0) is 14.3 Å². The summed E-state index contributed by atoms with van der Waals surface area (Å²) < 4.78 is 10.8. The number of alkyl carbamates (subject to hydrolysis) is 1. The van der Waals surface area contributed by atoms with Gasteiger partial charge in [0.1, 0.15) is 11.2 Å². The summed E-state index contributed by atoms with van der Waals surface area (Å²) in [6.07, 6.45) is 3.01. The minimum atomic E-state index is -0.773. The van der Waals surface area contributed by atoms with Gasteiger partial charge in [-0.25, -0.2) is 9.59 Å². The first-order chi connectivity index (χ1) is 13.3. The van der Waals surface area contributed by atoms with Crippen LogP contribution in [0.5, 0.6) is 0 Å². The molecular formula is C21H38N2O6. The van der Waals surface area contributed by atoms with Gasteiger partial charge in [-0.15, -0.1) is 0 Å². The van der Waals surface area contributed by atoms with Crippen LogP contribution in [0.1, 0.15) is 80.1 Å². The standard InChI is InChI=1S/C21H38N2O6/c1-20(2,3)28-18(26)22-12-7-13-23(19(27)29-21(4,5)6)16-10-8-15(9-11-16)14-17(24)25/h15-16H,7-14H2,1-6H3,(H,22,26)(H,24,25). The number of hydrogen-bond acceptors (Lipinski definition) is 5. The van der Waals surface area contributed by atoms with Crippen LogP contribution in [0.2, 0.25) is 0 Å². The minimum Gasteiger partial charge on any atom is -0.481 e. The van der Waals surface area contributed by atoms with Crippen LogP contribution in [-0.4, -0.2) is 58.5 Å². The first kappa shape index (κ1) is 25.0. The first-order valence-corrected chi connectivity index (χ1v) is 10.4. The number of ether oxygens (including phenoxy) is 2. The lowest BCUT2D eigenvalue weighted by molar-refractivity contribution is -0.138. The largest absolute Gasteiger partial charge is 0.481 e. The SMILES string of the molecule is CC(C)(C)OC(=O)NCCCN(C(=O)OC(C)(C)C)C1CCC(CC(=O)O)CC1. The Bertz CT molecular complexity index is 556. The molecule has 2 amide bonds. The highest BCUT2D eigenvalue weighted by molar-refractivity contribution is 5.69. The second kappa shape index (κ2) is 10.7. The van der Waals surface area contributed by atoms with E-state index in [9.17, 15) is 14.4 Å². The Kier molecular flexibility index (Phi) is 9.23. The number of carbonyl (C=O) groups excluding carboxylic acids is 2. The number of carbonyl (C=O) groups is 3. The molecule has 1 aliphatic rings. The molecule has 0 unspecified atom stereocenters. The van der Waals surface area contributed by atoms with E-state index in [-0.39, 0.29) is 24.5 Å². The van der Waals surface area contributed by atoms with Crippen molar-refractivity contribution in [3.05, 3.63) is 0 Å². The summed E-state index contributed by atoms with van der Waals surface area (Å²) >= 11 is 0. The van der Waals surface area contributed by atoms with Crippen molar-refractivity contribution in [3.8, 4) is 0 Å². The van der Waals surface area contributed by atoms with Crippen LogP contribution in [0.3, 0.4) is 0 Å². The maximum Gasteiger partial charge on any atom is 0.410 e. The Morgan fingerprint density at radius 1 is 0.966 bits per heavy atom. The molecule has 1 fully saturated rings. The summed E-state index contributed by atoms with van der Waals surface area (Å²) in [5.74, 6) is -0.608. The maximum atomic E-state index is 12.7. The fourth-order valence-corrected chi connectivity index (χ4v) is 3.41. The molecule has 0 aromatic heterocycles. The molecule has 0 radical (unpaired) electrons. The Hall–Kier alpha value is -1.99. The van der Waals surface area contributed by atoms with E-state index < -0.39 is 23.3 Å². The lowest BCUT2D eigenvalue weighted by atomic mass is 9.83. The number of carboxylic acids is 1. The summed E-state index contributed by atoms with van der Waals surface area (Å²) in [5, 5.41) is 11.7. The van der Waals surface area contributed by atoms with Gasteiger partial charge in [0.2, 0.25) is 0 Å². The number of nitrogens with zero attached hydrogens (tertiary/aromatic N) is 1. The zero-order chi connectivity index (χ0) is 22.2. The fourth-order valence-electron chi connectivity index (χ4n) is 3.41. The predicted octanol–water partition coefficient (Wildman–Crippen LogP) is 4.17. The quantitative estimate of drug-likeness (QED) is 0.606. The zero-order valence-corrected chi connectivity index (χ0v) is 18.7. The Morgan fingerprint density at radius 3 is 2.00 bits per heavy atom. The van der Waals surface area contributed by atoms with Crippen LogP contribution in [0.25, 0.3) is 0 Å². The van der Waals surface area contributed by atoms with Gasteiger partial charge < -0.3 is 24.8 Å². The molecule has 2 N–H and O–H groups in total. The van der Waals surface area contributed by atoms with E-state index in [4.69, 9.17) is 14.6 Å². The molecule has 0 aromatic rings. The minimum absolute atomic E-state index is 0.0245. The number of carboxylic acid groups (broad SMARTS) is 1. The van der Waals surface area contributed by atoms with Crippen molar-refractivity contribution in [3.63, 3.8) is 0 Å². The Labute approximate surface area is 174 Å². The predicted molar refractivity (Wildman–Crippen MR) is 110 cm³/mol. The topological polar surface area (TPSA) is 105 Å². The molecule has 0 spiro atoms. The summed E-state index contributed by atoms with van der Waals surface area (Å²) in [5.41, 5.74) is -1.15. The average molecular weight is 415 g/mol. The van der Waals surface area contributed by atoms with Gasteiger partial charge in [-0.2, -0.15) is 0 Å². The van der Waals surface area contributed by atoms with E-state index >= 15 is 0 Å². The van der Waals surface area contributed by atoms with Gasteiger partial charge in [-0.1, -0.05) is 0 Å². The fraction of sp³-hybridized carbons (Fsp3) is 0.857. The molecule has 1 aliphatic carbocycles. The van der Waals surface area contributed by atoms with E-state index in [1.54, 1.807) is 25.7 Å². The number of aliphatic carboxylic acids is 1. The van der Waals surface area contributed by atoms with Crippen molar-refractivity contribution in [1.82, 2.24) is 10.2 Å². The third kappa shape index (κ3) is 10.9. The van der Waals surface area contributed by atoms with Gasteiger partial charge in [0.15, 0.2) is 0 Å². The molecule has 0 bridgehead atoms. The summed E-state index contributed by atoms with van der Waals surface area (Å²) in [7, 11) is 0. The molecule has 1 rings (SSSR count). The number of rotatable bonds is 7. The van der Waals surface area contributed by atoms with Crippen LogP contribution in [0, 0.1) is 5.92 Å². The van der Waals surface area contributed by atoms with E-state index in [2.05, 4.69) is 5.32 Å². The normalized spacial score (nSPS) is 19.9. The second-order valence-electron chi connectivity index (χ2n) is 9.73. The van der Waals surface area contributed by atoms with Crippen molar-refractivity contribution in [2.45, 2.75) is 97.3 Å². The molecule has 168 valence electrons. The monoisotopic (exact) mass is 414 g/mol. The molecule has 29 heavy (non-hydrogen) atoms. The lowest BCUT2D eigenvalue weighted by Gasteiger charge is -2.37. The molecule has 8 heteroatoms. The highest BCUT2D eigenvalue weighted by atomic mass is 16.6. The van der Waals surface area contributed by atoms with E-state index in [0.29, 0.717) is 19.5 Å². The molecule has 0 atom stereocenters. The van der Waals surface area contributed by atoms with E-state index in [0.717, 1.165) is 25.7 Å². The van der Waals surface area contributed by atoms with Gasteiger partial charge in [0.05, 0.1) is 0 Å². The Morgan fingerprint density at radius 2 is 1.52 bits per heavy atom. The van der Waals surface area contributed by atoms with Crippen molar-refractivity contribution in [2.24, 2.45) is 5.92 Å². The lowest BCUT2D eigenvalue weighted by Crippen LogP contribution is -2.46. The van der Waals surface area contributed by atoms with Gasteiger partial charge in [0, 0.05) is 25.6 Å². The van der Waals surface area contributed by atoms with E-state index in [1.165, 1.54) is 0 Å². The van der Waals surface area contributed by atoms with Gasteiger partial charge in [0.25, 0.3) is 0 Å². The molecule has 1 saturated carbocycles. The third-order valence-electron chi connectivity index (χ3n) is 4.59. The van der Waals surface area contributed by atoms with Crippen LogP contribution >= 0.6 is 0 Å². The third-order valence-corrected chi connectivity index (χ3v) is 4.59. The maximum absolute atomic E-state index is 12.7. The number of hydrogen-bond donors (Lipinski definition) is 2. The molecule has 0 saturated heterocycles. The van der Waals surface area contributed by atoms with Crippen LogP contribution in [0.4, 0.5) is 9.59 Å². The second-order valence-corrected chi connectivity index (χ2v) is 9.73. The van der Waals surface area contributed by atoms with Gasteiger partial charge in [-0.3, -0.25) is 4.79 Å². The first-order valence-electron chi connectivity index (χ1n) is 10.4. The summed E-state index contributed by atoms with van der Waals surface area (Å²) in [4.78, 5) is 37.2. The van der Waals surface area contributed by atoms with Crippen molar-refractivity contribution < 1.29 is 29.0 Å². The van der Waals surface area contributed by atoms with Crippen LogP contribution < -0.4 is 5.32 Å².